The van der Waals surface area contributed by atoms with Crippen molar-refractivity contribution in [2.24, 2.45) is 0 Å². The van der Waals surface area contributed by atoms with E-state index in [9.17, 15) is 5.11 Å². The van der Waals surface area contributed by atoms with Crippen molar-refractivity contribution < 1.29 is 9.84 Å². The van der Waals surface area contributed by atoms with Crippen LogP contribution in [0.5, 0.6) is 11.5 Å². The van der Waals surface area contributed by atoms with Crippen LogP contribution in [0.25, 0.3) is 0 Å². The normalized spacial score (nSPS) is 16.0. The van der Waals surface area contributed by atoms with Gasteiger partial charge in [-0.3, -0.25) is 0 Å². The molecule has 2 nitrogen and oxygen atoms in total. The summed E-state index contributed by atoms with van der Waals surface area (Å²) in [6.45, 7) is 4.31. The van der Waals surface area contributed by atoms with E-state index < -0.39 is 0 Å². The number of rotatable bonds is 13. The molecule has 1 aliphatic rings. The zero-order chi connectivity index (χ0) is 17.9. The fourth-order valence-electron chi connectivity index (χ4n) is 3.60. The van der Waals surface area contributed by atoms with Gasteiger partial charge in [-0.05, 0) is 0 Å². The fourth-order valence-corrected chi connectivity index (χ4v) is 5.75. The van der Waals surface area contributed by atoms with E-state index in [1.165, 1.54) is 80.4 Å². The molecule has 3 heteroatoms. The molecular formula is C22H36O2Se. The predicted octanol–water partition coefficient (Wildman–Crippen LogP) is 6.47. The molecule has 0 aromatic heterocycles. The molecule has 1 aliphatic heterocycles. The molecule has 0 aliphatic carbocycles. The van der Waals surface area contributed by atoms with Gasteiger partial charge in [0.25, 0.3) is 0 Å². The van der Waals surface area contributed by atoms with Crippen LogP contribution in [0.1, 0.15) is 82.3 Å². The Hall–Kier alpha value is -0.661. The van der Waals surface area contributed by atoms with E-state index in [4.69, 9.17) is 4.74 Å². The summed E-state index contributed by atoms with van der Waals surface area (Å²) in [5.74, 6) is 1.40. The van der Waals surface area contributed by atoms with Gasteiger partial charge in [0.05, 0.1) is 0 Å². The van der Waals surface area contributed by atoms with Gasteiger partial charge in [-0.25, -0.2) is 0 Å². The van der Waals surface area contributed by atoms with Gasteiger partial charge in [-0.15, -0.1) is 0 Å². The second kappa shape index (κ2) is 11.9. The third-order valence-corrected chi connectivity index (χ3v) is 7.50. The minimum atomic E-state index is 0.346. The Balaban J connectivity index is 1.44. The molecule has 25 heavy (non-hydrogen) atoms. The average Bonchev–Trinajstić information content (AvgIpc) is 2.99. The van der Waals surface area contributed by atoms with Crippen LogP contribution in [-0.4, -0.2) is 26.2 Å². The third kappa shape index (κ3) is 7.62. The molecule has 0 fully saturated rings. The van der Waals surface area contributed by atoms with Crippen molar-refractivity contribution in [1.29, 1.82) is 0 Å². The first kappa shape index (κ1) is 20.6. The van der Waals surface area contributed by atoms with Gasteiger partial charge in [0, 0.05) is 0 Å². The van der Waals surface area contributed by atoms with Gasteiger partial charge in [-0.2, -0.15) is 0 Å². The molecule has 1 atom stereocenters. The first-order valence-electron chi connectivity index (χ1n) is 10.3. The van der Waals surface area contributed by atoms with Crippen molar-refractivity contribution in [3.05, 3.63) is 23.3 Å². The zero-order valence-corrected chi connectivity index (χ0v) is 17.9. The van der Waals surface area contributed by atoms with Crippen LogP contribution >= 0.6 is 0 Å². The summed E-state index contributed by atoms with van der Waals surface area (Å²) in [5.41, 5.74) is 2.26. The van der Waals surface area contributed by atoms with E-state index in [-0.39, 0.29) is 0 Å². The van der Waals surface area contributed by atoms with Crippen LogP contribution in [0.2, 0.25) is 10.6 Å². The zero-order valence-electron chi connectivity index (χ0n) is 16.2. The Kier molecular flexibility index (Phi) is 9.80. The van der Waals surface area contributed by atoms with Crippen molar-refractivity contribution in [3.8, 4) is 11.5 Å². The number of aryl methyl sites for hydroxylation is 1. The number of phenolic OH excluding ortho intramolecular Hbond substituents is 1. The van der Waals surface area contributed by atoms with Crippen molar-refractivity contribution in [3.63, 3.8) is 0 Å². The maximum atomic E-state index is 9.70. The number of fused-ring (bicyclic) bond motifs is 1. The first-order valence-corrected chi connectivity index (χ1v) is 12.7. The molecule has 1 aromatic carbocycles. The summed E-state index contributed by atoms with van der Waals surface area (Å²) >= 11 is 0.697. The number of hydrogen-bond donors (Lipinski definition) is 1. The fraction of sp³-hybridized carbons (Fsp3) is 0.727. The molecule has 0 radical (unpaired) electrons. The van der Waals surface area contributed by atoms with E-state index in [2.05, 4.69) is 6.92 Å². The van der Waals surface area contributed by atoms with Crippen LogP contribution in [0.4, 0.5) is 0 Å². The predicted molar refractivity (Wildman–Crippen MR) is 108 cm³/mol. The Morgan fingerprint density at radius 1 is 1.00 bits per heavy atom. The topological polar surface area (TPSA) is 29.5 Å². The Morgan fingerprint density at radius 3 is 2.32 bits per heavy atom. The van der Waals surface area contributed by atoms with E-state index in [0.29, 0.717) is 26.8 Å². The molecule has 1 aromatic rings. The van der Waals surface area contributed by atoms with E-state index >= 15 is 0 Å². The Morgan fingerprint density at radius 2 is 1.64 bits per heavy atom. The standard InChI is InChI=1S/C22H36O2Se/c1-3-4-5-6-7-8-9-10-11-12-13-25-17-21-16-19-15-20(23)14-18(2)22(19)24-21/h14-15,21,23H,3-13,16-17H2,1-2H3. The number of benzene rings is 1. The summed E-state index contributed by atoms with van der Waals surface area (Å²) in [7, 11) is 0. The molecule has 0 amide bonds. The number of phenols is 1. The Labute approximate surface area is 160 Å². The molecule has 2 rings (SSSR count). The van der Waals surface area contributed by atoms with Crippen LogP contribution in [0.3, 0.4) is 0 Å². The molecule has 1 N–H and O–H groups in total. The number of ether oxygens (including phenoxy) is 1. The molecule has 0 bridgehead atoms. The van der Waals surface area contributed by atoms with Crippen LogP contribution in [-0.2, 0) is 6.42 Å². The molecule has 142 valence electrons. The number of unbranched alkanes of at least 4 members (excludes halogenated alkanes) is 9. The molecular weight excluding hydrogens is 375 g/mol. The van der Waals surface area contributed by atoms with E-state index in [1.807, 2.05) is 13.0 Å². The van der Waals surface area contributed by atoms with Crippen molar-refractivity contribution in [2.45, 2.75) is 101 Å². The van der Waals surface area contributed by atoms with Crippen LogP contribution < -0.4 is 4.74 Å². The minimum absolute atomic E-state index is 0.346. The maximum absolute atomic E-state index is 9.70. The quantitative estimate of drug-likeness (QED) is 0.298. The van der Waals surface area contributed by atoms with Crippen LogP contribution in [0, 0.1) is 6.92 Å². The van der Waals surface area contributed by atoms with Crippen molar-refractivity contribution >= 4 is 15.0 Å². The van der Waals surface area contributed by atoms with Gasteiger partial charge in [0.2, 0.25) is 0 Å². The Bertz CT molecular complexity index is 501. The number of aromatic hydroxyl groups is 1. The second-order valence-electron chi connectivity index (χ2n) is 7.45. The van der Waals surface area contributed by atoms with Crippen LogP contribution in [0.15, 0.2) is 12.1 Å². The molecule has 1 heterocycles. The van der Waals surface area contributed by atoms with Crippen molar-refractivity contribution in [1.82, 2.24) is 0 Å². The molecule has 0 saturated heterocycles. The van der Waals surface area contributed by atoms with Gasteiger partial charge in [0.1, 0.15) is 0 Å². The first-order chi connectivity index (χ1) is 12.2. The second-order valence-corrected chi connectivity index (χ2v) is 9.86. The van der Waals surface area contributed by atoms with Gasteiger partial charge < -0.3 is 0 Å². The SMILES string of the molecule is CCCCCCCCCCCC[Se]CC1Cc2cc(O)cc(C)c2O1. The molecule has 0 spiro atoms. The van der Waals surface area contributed by atoms with Gasteiger partial charge in [-0.1, -0.05) is 0 Å². The summed E-state index contributed by atoms with van der Waals surface area (Å²) in [6.07, 6.45) is 15.5. The summed E-state index contributed by atoms with van der Waals surface area (Å²) < 4.78 is 6.10. The molecule has 0 saturated carbocycles. The van der Waals surface area contributed by atoms with Gasteiger partial charge >= 0.3 is 161 Å². The number of hydrogen-bond acceptors (Lipinski definition) is 2. The average molecular weight is 411 g/mol. The van der Waals surface area contributed by atoms with E-state index in [1.54, 1.807) is 6.07 Å². The monoisotopic (exact) mass is 412 g/mol. The summed E-state index contributed by atoms with van der Waals surface area (Å²) in [6, 6.07) is 3.67. The summed E-state index contributed by atoms with van der Waals surface area (Å²) in [4.78, 5) is 0. The van der Waals surface area contributed by atoms with E-state index in [0.717, 1.165) is 17.7 Å². The third-order valence-electron chi connectivity index (χ3n) is 5.01. The summed E-state index contributed by atoms with van der Waals surface area (Å²) in [5, 5.41) is 12.3. The van der Waals surface area contributed by atoms with Crippen molar-refractivity contribution in [2.75, 3.05) is 0 Å². The molecule has 1 unspecified atom stereocenters. The van der Waals surface area contributed by atoms with Gasteiger partial charge in [0.15, 0.2) is 0 Å².